The van der Waals surface area contributed by atoms with E-state index < -0.39 is 24.5 Å². The molecule has 0 unspecified atom stereocenters. The van der Waals surface area contributed by atoms with E-state index in [1.807, 2.05) is 0 Å². The Morgan fingerprint density at radius 3 is 2.60 bits per heavy atom. The molecule has 0 amide bonds. The number of aromatic nitrogens is 1. The fraction of sp³-hybridized carbons (Fsp3) is 0.455. The van der Waals surface area contributed by atoms with Crippen molar-refractivity contribution in [1.82, 2.24) is 4.98 Å². The molecule has 0 saturated carbocycles. The maximum absolute atomic E-state index is 12.4. The van der Waals surface area contributed by atoms with Gasteiger partial charge in [0.1, 0.15) is 9.45 Å². The first-order valence-corrected chi connectivity index (χ1v) is 6.49. The largest absolute Gasteiger partial charge is 0.573 e. The number of methoxy groups -OCH3 is 1. The van der Waals surface area contributed by atoms with Crippen LogP contribution in [-0.2, 0) is 16.0 Å². The number of rotatable bonds is 5. The number of halogens is 4. The fourth-order valence-corrected chi connectivity index (χ4v) is 1.98. The number of carbonyl (C=O) groups excluding carboxylic acids is 1. The van der Waals surface area contributed by atoms with Gasteiger partial charge in [-0.1, -0.05) is 0 Å². The Morgan fingerprint density at radius 2 is 2.10 bits per heavy atom. The van der Waals surface area contributed by atoms with Gasteiger partial charge in [-0.3, -0.25) is 4.79 Å². The maximum Gasteiger partial charge on any atom is 0.573 e. The Bertz CT molecular complexity index is 493. The number of alkyl halides is 3. The lowest BCUT2D eigenvalue weighted by Gasteiger charge is -2.16. The number of esters is 1. The van der Waals surface area contributed by atoms with Crippen molar-refractivity contribution in [2.75, 3.05) is 13.7 Å². The molecule has 5 nitrogen and oxygen atoms in total. The van der Waals surface area contributed by atoms with Crippen LogP contribution >= 0.6 is 22.6 Å². The summed E-state index contributed by atoms with van der Waals surface area (Å²) in [5.74, 6) is -1.21. The second-order valence-electron chi connectivity index (χ2n) is 3.45. The van der Waals surface area contributed by atoms with Gasteiger partial charge in [-0.2, -0.15) is 0 Å². The number of hydrogen-bond acceptors (Lipinski definition) is 5. The zero-order valence-electron chi connectivity index (χ0n) is 10.6. The number of ether oxygens (including phenoxy) is 3. The van der Waals surface area contributed by atoms with E-state index in [1.165, 1.54) is 13.3 Å². The standard InChI is InChI=1S/C11H11F3INO4/c1-3-19-8(17)4-6-7(18-2)5-16-10(15)9(6)20-11(12,13)14/h5H,3-4H2,1-2H3. The van der Waals surface area contributed by atoms with Gasteiger partial charge in [0.2, 0.25) is 0 Å². The maximum atomic E-state index is 12.4. The average Bonchev–Trinajstić information content (AvgIpc) is 2.33. The minimum absolute atomic E-state index is 0.0257. The van der Waals surface area contributed by atoms with Crippen molar-refractivity contribution in [3.8, 4) is 11.5 Å². The van der Waals surface area contributed by atoms with Crippen LogP contribution in [0.3, 0.4) is 0 Å². The Balaban J connectivity index is 3.21. The van der Waals surface area contributed by atoms with Gasteiger partial charge in [-0.25, -0.2) is 4.98 Å². The zero-order valence-corrected chi connectivity index (χ0v) is 12.7. The predicted molar refractivity (Wildman–Crippen MR) is 70.5 cm³/mol. The summed E-state index contributed by atoms with van der Waals surface area (Å²) in [6.45, 7) is 1.72. The molecule has 0 spiro atoms. The summed E-state index contributed by atoms with van der Waals surface area (Å²) >= 11 is 1.58. The van der Waals surface area contributed by atoms with Gasteiger partial charge >= 0.3 is 12.3 Å². The van der Waals surface area contributed by atoms with E-state index in [0.29, 0.717) is 0 Å². The summed E-state index contributed by atoms with van der Waals surface area (Å²) in [6.07, 6.45) is -4.07. The van der Waals surface area contributed by atoms with Crippen molar-refractivity contribution in [1.29, 1.82) is 0 Å². The van der Waals surface area contributed by atoms with Crippen LogP contribution in [-0.4, -0.2) is 31.0 Å². The van der Waals surface area contributed by atoms with Crippen LogP contribution in [0.25, 0.3) is 0 Å². The molecule has 0 atom stereocenters. The zero-order chi connectivity index (χ0) is 15.3. The Kier molecular flexibility index (Phi) is 5.84. The first kappa shape index (κ1) is 16.8. The molecule has 0 saturated heterocycles. The van der Waals surface area contributed by atoms with E-state index in [2.05, 4.69) is 9.72 Å². The van der Waals surface area contributed by atoms with Crippen molar-refractivity contribution in [3.63, 3.8) is 0 Å². The lowest BCUT2D eigenvalue weighted by molar-refractivity contribution is -0.275. The molecule has 0 aromatic carbocycles. The molecule has 0 fully saturated rings. The first-order chi connectivity index (χ1) is 9.28. The summed E-state index contributed by atoms with van der Waals surface area (Å²) in [5.41, 5.74) is -0.0531. The SMILES string of the molecule is CCOC(=O)Cc1c(OC)cnc(I)c1OC(F)(F)F. The molecular weight excluding hydrogens is 394 g/mol. The van der Waals surface area contributed by atoms with Crippen LogP contribution in [0.2, 0.25) is 0 Å². The molecule has 0 aliphatic heterocycles. The van der Waals surface area contributed by atoms with Gasteiger partial charge in [0.25, 0.3) is 0 Å². The molecule has 0 bridgehead atoms. The fourth-order valence-electron chi connectivity index (χ4n) is 1.41. The molecule has 1 aromatic heterocycles. The van der Waals surface area contributed by atoms with Gasteiger partial charge in [-0.15, -0.1) is 13.2 Å². The van der Waals surface area contributed by atoms with Crippen molar-refractivity contribution in [3.05, 3.63) is 15.5 Å². The van der Waals surface area contributed by atoms with E-state index in [-0.39, 0.29) is 21.6 Å². The third-order valence-electron chi connectivity index (χ3n) is 2.12. The average molecular weight is 405 g/mol. The lowest BCUT2D eigenvalue weighted by Crippen LogP contribution is -2.20. The highest BCUT2D eigenvalue weighted by atomic mass is 127. The molecule has 1 aromatic rings. The highest BCUT2D eigenvalue weighted by molar-refractivity contribution is 14.1. The van der Waals surface area contributed by atoms with E-state index in [9.17, 15) is 18.0 Å². The third-order valence-corrected chi connectivity index (χ3v) is 2.89. The van der Waals surface area contributed by atoms with Gasteiger partial charge in [0.15, 0.2) is 5.75 Å². The lowest BCUT2D eigenvalue weighted by atomic mass is 10.1. The summed E-state index contributed by atoms with van der Waals surface area (Å²) in [7, 11) is 1.26. The van der Waals surface area contributed by atoms with Crippen molar-refractivity contribution in [2.24, 2.45) is 0 Å². The molecule has 1 heterocycles. The van der Waals surface area contributed by atoms with Crippen LogP contribution in [0.15, 0.2) is 6.20 Å². The van der Waals surface area contributed by atoms with E-state index in [4.69, 9.17) is 9.47 Å². The van der Waals surface area contributed by atoms with Crippen LogP contribution < -0.4 is 9.47 Å². The highest BCUT2D eigenvalue weighted by Gasteiger charge is 2.34. The number of hydrogen-bond donors (Lipinski definition) is 0. The second kappa shape index (κ2) is 6.95. The minimum atomic E-state index is -4.89. The molecule has 9 heteroatoms. The summed E-state index contributed by atoms with van der Waals surface area (Å²) < 4.78 is 50.8. The Hall–Kier alpha value is -1.26. The normalized spacial score (nSPS) is 11.1. The van der Waals surface area contributed by atoms with Gasteiger partial charge in [0, 0.05) is 0 Å². The molecule has 112 valence electrons. The number of nitrogens with zero attached hydrogens (tertiary/aromatic N) is 1. The molecule has 0 N–H and O–H groups in total. The predicted octanol–water partition coefficient (Wildman–Crippen LogP) is 2.70. The van der Waals surface area contributed by atoms with Crippen LogP contribution in [0.4, 0.5) is 13.2 Å². The van der Waals surface area contributed by atoms with Gasteiger partial charge in [-0.05, 0) is 29.5 Å². The molecule has 0 aliphatic rings. The minimum Gasteiger partial charge on any atom is -0.495 e. The quantitative estimate of drug-likeness (QED) is 0.429. The first-order valence-electron chi connectivity index (χ1n) is 5.41. The molecular formula is C11H11F3INO4. The second-order valence-corrected chi connectivity index (χ2v) is 4.48. The van der Waals surface area contributed by atoms with E-state index >= 15 is 0 Å². The van der Waals surface area contributed by atoms with Crippen LogP contribution in [0, 0.1) is 3.70 Å². The van der Waals surface area contributed by atoms with Crippen molar-refractivity contribution in [2.45, 2.75) is 19.7 Å². The Labute approximate surface area is 126 Å². The third kappa shape index (κ3) is 4.69. The van der Waals surface area contributed by atoms with Crippen LogP contribution in [0.1, 0.15) is 12.5 Å². The van der Waals surface area contributed by atoms with E-state index in [0.717, 1.165) is 0 Å². The van der Waals surface area contributed by atoms with Crippen molar-refractivity contribution >= 4 is 28.6 Å². The molecule has 0 aliphatic carbocycles. The number of pyridine rings is 1. The smallest absolute Gasteiger partial charge is 0.495 e. The highest BCUT2D eigenvalue weighted by Crippen LogP contribution is 2.35. The topological polar surface area (TPSA) is 57.7 Å². The van der Waals surface area contributed by atoms with E-state index in [1.54, 1.807) is 29.5 Å². The molecule has 1 rings (SSSR count). The summed E-state index contributed by atoms with van der Waals surface area (Å²) in [6, 6.07) is 0. The molecule has 20 heavy (non-hydrogen) atoms. The summed E-state index contributed by atoms with van der Waals surface area (Å²) in [5, 5.41) is 0. The number of carbonyl (C=O) groups is 1. The van der Waals surface area contributed by atoms with Crippen LogP contribution in [0.5, 0.6) is 11.5 Å². The monoisotopic (exact) mass is 405 g/mol. The van der Waals surface area contributed by atoms with Gasteiger partial charge < -0.3 is 14.2 Å². The summed E-state index contributed by atoms with van der Waals surface area (Å²) in [4.78, 5) is 15.2. The Morgan fingerprint density at radius 1 is 1.45 bits per heavy atom. The van der Waals surface area contributed by atoms with Gasteiger partial charge in [0.05, 0.1) is 31.9 Å². The molecule has 0 radical (unpaired) electrons. The van der Waals surface area contributed by atoms with Crippen molar-refractivity contribution < 1.29 is 32.2 Å².